The third-order valence-electron chi connectivity index (χ3n) is 7.50. The number of carbonyl (C=O) groups is 2. The van der Waals surface area contributed by atoms with Crippen LogP contribution in [0.4, 0.5) is 0 Å². The number of allylic oxidation sites excluding steroid dienone is 6. The van der Waals surface area contributed by atoms with E-state index in [9.17, 15) is 19.0 Å². The maximum atomic E-state index is 12.5. The summed E-state index contributed by atoms with van der Waals surface area (Å²) in [6, 6.07) is 0. The van der Waals surface area contributed by atoms with Crippen LogP contribution in [0.3, 0.4) is 0 Å². The van der Waals surface area contributed by atoms with Gasteiger partial charge in [-0.3, -0.25) is 18.6 Å². The molecular weight excluding hydrogens is 617 g/mol. The first-order valence-electron chi connectivity index (χ1n) is 18.5. The molecular formula is C37H68NO8P. The van der Waals surface area contributed by atoms with Crippen LogP contribution >= 0.6 is 7.82 Å². The molecule has 3 N–H and O–H groups in total. The number of phosphoric ester groups is 1. The Bertz CT molecular complexity index is 876. The first kappa shape index (κ1) is 45.2. The minimum atomic E-state index is -4.37. The summed E-state index contributed by atoms with van der Waals surface area (Å²) in [4.78, 5) is 34.6. The molecule has 0 aromatic heterocycles. The second-order valence-electron chi connectivity index (χ2n) is 12.1. The fourth-order valence-electron chi connectivity index (χ4n) is 4.70. The molecule has 0 aliphatic carbocycles. The van der Waals surface area contributed by atoms with Gasteiger partial charge in [-0.1, -0.05) is 115 Å². The van der Waals surface area contributed by atoms with Crippen molar-refractivity contribution >= 4 is 19.8 Å². The van der Waals surface area contributed by atoms with E-state index in [1.807, 2.05) is 0 Å². The van der Waals surface area contributed by atoms with Gasteiger partial charge in [0.1, 0.15) is 6.61 Å². The average molecular weight is 686 g/mol. The van der Waals surface area contributed by atoms with E-state index in [-0.39, 0.29) is 32.6 Å². The number of rotatable bonds is 34. The van der Waals surface area contributed by atoms with Crippen molar-refractivity contribution in [3.05, 3.63) is 36.5 Å². The number of ether oxygens (including phenoxy) is 2. The van der Waals surface area contributed by atoms with Crippen LogP contribution in [0.2, 0.25) is 0 Å². The van der Waals surface area contributed by atoms with E-state index >= 15 is 0 Å². The zero-order valence-corrected chi connectivity index (χ0v) is 30.7. The first-order chi connectivity index (χ1) is 22.8. The summed E-state index contributed by atoms with van der Waals surface area (Å²) in [6.07, 6.45) is 34.6. The predicted molar refractivity (Wildman–Crippen MR) is 192 cm³/mol. The van der Waals surface area contributed by atoms with Gasteiger partial charge < -0.3 is 20.1 Å². The Morgan fingerprint density at radius 1 is 0.638 bits per heavy atom. The van der Waals surface area contributed by atoms with E-state index < -0.39 is 32.5 Å². The van der Waals surface area contributed by atoms with Crippen molar-refractivity contribution in [2.24, 2.45) is 5.73 Å². The second kappa shape index (κ2) is 34.1. The molecule has 0 aromatic rings. The molecule has 0 fully saturated rings. The van der Waals surface area contributed by atoms with Gasteiger partial charge in [0.15, 0.2) is 6.10 Å². The standard InChI is InChI=1S/C37H68NO8P/c1-3-5-7-9-11-13-15-16-17-18-20-21-23-25-27-29-36(39)43-33-35(34-45-47(41,42)44-32-31-38)46-37(40)30-28-26-24-22-19-14-12-10-8-6-4-2/h10-13,16-17,35H,3-9,14-15,18-34,38H2,1-2H3,(H,41,42). The third kappa shape index (κ3) is 33.9. The highest BCUT2D eigenvalue weighted by Crippen LogP contribution is 2.43. The van der Waals surface area contributed by atoms with Gasteiger partial charge in [-0.15, -0.1) is 0 Å². The first-order valence-corrected chi connectivity index (χ1v) is 20.0. The fourth-order valence-corrected chi connectivity index (χ4v) is 5.47. The molecule has 10 heteroatoms. The van der Waals surface area contributed by atoms with E-state index in [1.54, 1.807) is 0 Å². The predicted octanol–water partition coefficient (Wildman–Crippen LogP) is 9.82. The summed E-state index contributed by atoms with van der Waals surface area (Å²) < 4.78 is 32.6. The van der Waals surface area contributed by atoms with Crippen molar-refractivity contribution in [1.29, 1.82) is 0 Å². The van der Waals surface area contributed by atoms with E-state index in [0.717, 1.165) is 77.0 Å². The molecule has 0 rings (SSSR count). The molecule has 0 saturated heterocycles. The molecule has 9 nitrogen and oxygen atoms in total. The lowest BCUT2D eigenvalue weighted by molar-refractivity contribution is -0.161. The Balaban J connectivity index is 4.27. The molecule has 0 bridgehead atoms. The molecule has 0 aliphatic heterocycles. The van der Waals surface area contributed by atoms with Crippen molar-refractivity contribution in [2.75, 3.05) is 26.4 Å². The molecule has 0 amide bonds. The van der Waals surface area contributed by atoms with Crippen LogP contribution in [0.5, 0.6) is 0 Å². The number of nitrogens with two attached hydrogens (primary N) is 1. The SMILES string of the molecule is CCCCC=CCCCCCCCC(=O)OC(COC(=O)CCCCCCCC=CCC=CCCCCC)COP(=O)(O)OCCN. The molecule has 47 heavy (non-hydrogen) atoms. The molecule has 0 heterocycles. The van der Waals surface area contributed by atoms with Gasteiger partial charge in [0, 0.05) is 19.4 Å². The van der Waals surface area contributed by atoms with Crippen LogP contribution in [0.1, 0.15) is 155 Å². The van der Waals surface area contributed by atoms with E-state index in [4.69, 9.17) is 24.3 Å². The zero-order valence-electron chi connectivity index (χ0n) is 29.8. The van der Waals surface area contributed by atoms with Crippen LogP contribution in [-0.2, 0) is 32.7 Å². The summed E-state index contributed by atoms with van der Waals surface area (Å²) in [6.45, 7) is 3.61. The van der Waals surface area contributed by atoms with Crippen molar-refractivity contribution in [3.8, 4) is 0 Å². The van der Waals surface area contributed by atoms with Crippen LogP contribution in [0, 0.1) is 0 Å². The molecule has 2 atom stereocenters. The minimum Gasteiger partial charge on any atom is -0.462 e. The Labute approximate surface area is 286 Å². The van der Waals surface area contributed by atoms with Gasteiger partial charge in [-0.2, -0.15) is 0 Å². The number of esters is 2. The van der Waals surface area contributed by atoms with Crippen LogP contribution in [0.15, 0.2) is 36.5 Å². The summed E-state index contributed by atoms with van der Waals surface area (Å²) in [7, 11) is -4.37. The lowest BCUT2D eigenvalue weighted by Gasteiger charge is -2.19. The van der Waals surface area contributed by atoms with E-state index in [2.05, 4.69) is 50.3 Å². The summed E-state index contributed by atoms with van der Waals surface area (Å²) in [5.41, 5.74) is 5.32. The van der Waals surface area contributed by atoms with Crippen molar-refractivity contribution in [2.45, 2.75) is 161 Å². The normalized spacial score (nSPS) is 13.9. The Hall–Kier alpha value is -1.77. The molecule has 0 radical (unpaired) electrons. The van der Waals surface area contributed by atoms with Crippen molar-refractivity contribution in [1.82, 2.24) is 0 Å². The highest BCUT2D eigenvalue weighted by Gasteiger charge is 2.25. The largest absolute Gasteiger partial charge is 0.472 e. The molecule has 0 spiro atoms. The lowest BCUT2D eigenvalue weighted by atomic mass is 10.1. The van der Waals surface area contributed by atoms with Crippen molar-refractivity contribution < 1.29 is 37.6 Å². The Kier molecular flexibility index (Phi) is 32.8. The van der Waals surface area contributed by atoms with Gasteiger partial charge in [0.2, 0.25) is 0 Å². The van der Waals surface area contributed by atoms with Crippen LogP contribution < -0.4 is 5.73 Å². The Morgan fingerprint density at radius 3 is 1.70 bits per heavy atom. The number of carbonyl (C=O) groups excluding carboxylic acids is 2. The molecule has 2 unspecified atom stereocenters. The lowest BCUT2D eigenvalue weighted by Crippen LogP contribution is -2.29. The minimum absolute atomic E-state index is 0.0494. The quantitative estimate of drug-likeness (QED) is 0.0294. The Morgan fingerprint density at radius 2 is 1.13 bits per heavy atom. The maximum absolute atomic E-state index is 12.5. The van der Waals surface area contributed by atoms with Crippen molar-refractivity contribution in [3.63, 3.8) is 0 Å². The zero-order chi connectivity index (χ0) is 34.7. The summed E-state index contributed by atoms with van der Waals surface area (Å²) in [5, 5.41) is 0. The molecule has 0 aliphatic rings. The molecule has 0 aromatic carbocycles. The highest BCUT2D eigenvalue weighted by atomic mass is 31.2. The molecule has 274 valence electrons. The van der Waals surface area contributed by atoms with Gasteiger partial charge in [-0.25, -0.2) is 4.57 Å². The smallest absolute Gasteiger partial charge is 0.462 e. The number of hydrogen-bond donors (Lipinski definition) is 2. The maximum Gasteiger partial charge on any atom is 0.472 e. The number of unbranched alkanes of at least 4 members (excludes halogenated alkanes) is 15. The van der Waals surface area contributed by atoms with E-state index in [0.29, 0.717) is 12.8 Å². The van der Waals surface area contributed by atoms with Gasteiger partial charge in [0.05, 0.1) is 13.2 Å². The second-order valence-corrected chi connectivity index (χ2v) is 13.5. The third-order valence-corrected chi connectivity index (χ3v) is 8.48. The van der Waals surface area contributed by atoms with Crippen LogP contribution in [0.25, 0.3) is 0 Å². The van der Waals surface area contributed by atoms with Gasteiger partial charge in [-0.05, 0) is 64.2 Å². The summed E-state index contributed by atoms with van der Waals surface area (Å²) >= 11 is 0. The van der Waals surface area contributed by atoms with E-state index in [1.165, 1.54) is 38.5 Å². The fraction of sp³-hybridized carbons (Fsp3) is 0.784. The topological polar surface area (TPSA) is 134 Å². The van der Waals surface area contributed by atoms with Crippen LogP contribution in [-0.4, -0.2) is 49.3 Å². The number of hydrogen-bond acceptors (Lipinski definition) is 8. The average Bonchev–Trinajstić information content (AvgIpc) is 3.05. The highest BCUT2D eigenvalue weighted by molar-refractivity contribution is 7.47. The van der Waals surface area contributed by atoms with Gasteiger partial charge >= 0.3 is 19.8 Å². The molecule has 0 saturated carbocycles. The summed E-state index contributed by atoms with van der Waals surface area (Å²) in [5.74, 6) is -0.860. The monoisotopic (exact) mass is 685 g/mol. The van der Waals surface area contributed by atoms with Gasteiger partial charge in [0.25, 0.3) is 0 Å². The number of phosphoric acid groups is 1.